The van der Waals surface area contributed by atoms with E-state index in [4.69, 9.17) is 15.5 Å². The molecule has 0 bridgehead atoms. The lowest BCUT2D eigenvalue weighted by atomic mass is 10.0. The molecule has 1 aromatic carbocycles. The summed E-state index contributed by atoms with van der Waals surface area (Å²) in [5.41, 5.74) is 9.39. The summed E-state index contributed by atoms with van der Waals surface area (Å²) in [6.45, 7) is 9.91. The van der Waals surface area contributed by atoms with Gasteiger partial charge in [0.2, 0.25) is 0 Å². The number of rotatable bonds is 12. The van der Waals surface area contributed by atoms with Crippen molar-refractivity contribution in [3.63, 3.8) is 0 Å². The Morgan fingerprint density at radius 1 is 1.29 bits per heavy atom. The molecular formula is C26H41N7O2. The summed E-state index contributed by atoms with van der Waals surface area (Å²) in [5, 5.41) is 9.51. The van der Waals surface area contributed by atoms with Gasteiger partial charge in [-0.2, -0.15) is 0 Å². The lowest BCUT2D eigenvalue weighted by Gasteiger charge is -2.20. The predicted molar refractivity (Wildman–Crippen MR) is 143 cm³/mol. The van der Waals surface area contributed by atoms with Crippen molar-refractivity contribution in [1.82, 2.24) is 25.5 Å². The summed E-state index contributed by atoms with van der Waals surface area (Å²) >= 11 is 0. The van der Waals surface area contributed by atoms with Crippen LogP contribution >= 0.6 is 0 Å². The Morgan fingerprint density at radius 3 is 2.57 bits per heavy atom. The van der Waals surface area contributed by atoms with Gasteiger partial charge in [0, 0.05) is 19.2 Å². The van der Waals surface area contributed by atoms with Gasteiger partial charge < -0.3 is 31.0 Å². The quantitative estimate of drug-likeness (QED) is 0.208. The monoisotopic (exact) mass is 483 g/mol. The third kappa shape index (κ3) is 6.56. The van der Waals surface area contributed by atoms with E-state index in [1.54, 1.807) is 26.3 Å². The van der Waals surface area contributed by atoms with Gasteiger partial charge in [0.15, 0.2) is 0 Å². The number of aromatic nitrogens is 2. The Hall–Kier alpha value is -3.01. The first-order chi connectivity index (χ1) is 16.9. The highest BCUT2D eigenvalue weighted by Crippen LogP contribution is 2.33. The molecule has 0 aliphatic carbocycles. The van der Waals surface area contributed by atoms with Crippen LogP contribution in [-0.2, 0) is 6.54 Å². The third-order valence-electron chi connectivity index (χ3n) is 5.84. The van der Waals surface area contributed by atoms with Crippen molar-refractivity contribution in [3.05, 3.63) is 47.4 Å². The predicted octanol–water partition coefficient (Wildman–Crippen LogP) is 3.54. The average molecular weight is 484 g/mol. The van der Waals surface area contributed by atoms with Crippen molar-refractivity contribution >= 4 is 11.7 Å². The maximum absolute atomic E-state index is 13.0. The van der Waals surface area contributed by atoms with Gasteiger partial charge in [0.25, 0.3) is 5.91 Å². The van der Waals surface area contributed by atoms with Crippen molar-refractivity contribution in [2.75, 3.05) is 27.7 Å². The molecule has 2 unspecified atom stereocenters. The fourth-order valence-corrected chi connectivity index (χ4v) is 4.02. The summed E-state index contributed by atoms with van der Waals surface area (Å²) in [6.07, 6.45) is 5.07. The van der Waals surface area contributed by atoms with Gasteiger partial charge in [-0.05, 0) is 51.6 Å². The Kier molecular flexibility index (Phi) is 11.1. The molecule has 0 saturated carbocycles. The maximum Gasteiger partial charge on any atom is 0.260 e. The molecule has 0 fully saturated rings. The zero-order chi connectivity index (χ0) is 26.0. The van der Waals surface area contributed by atoms with E-state index in [1.807, 2.05) is 32.2 Å². The molecule has 0 saturated heterocycles. The molecule has 0 aliphatic heterocycles. The number of carbonyl (C=O) groups excluding carboxylic acids is 1. The van der Waals surface area contributed by atoms with Crippen LogP contribution in [0.3, 0.4) is 0 Å². The number of carbonyl (C=O) groups is 1. The molecule has 0 radical (unpaired) electrons. The summed E-state index contributed by atoms with van der Waals surface area (Å²) in [4.78, 5) is 22.1. The average Bonchev–Trinajstić information content (AvgIpc) is 3.27. The number of amidine groups is 1. The molecule has 0 spiro atoms. The fourth-order valence-electron chi connectivity index (χ4n) is 4.02. The Bertz CT molecular complexity index is 1040. The van der Waals surface area contributed by atoms with E-state index < -0.39 is 6.17 Å². The summed E-state index contributed by atoms with van der Waals surface area (Å²) in [7, 11) is 5.02. The number of amides is 1. The number of imidazole rings is 1. The second-order valence-corrected chi connectivity index (χ2v) is 8.02. The molecule has 5 N–H and O–H groups in total. The second-order valence-electron chi connectivity index (χ2n) is 8.02. The van der Waals surface area contributed by atoms with Crippen LogP contribution in [0.4, 0.5) is 0 Å². The first-order valence-corrected chi connectivity index (χ1v) is 12.3. The summed E-state index contributed by atoms with van der Waals surface area (Å²) < 4.78 is 7.78. The third-order valence-corrected chi connectivity index (χ3v) is 5.84. The van der Waals surface area contributed by atoms with Crippen LogP contribution in [0, 0.1) is 0 Å². The van der Waals surface area contributed by atoms with Crippen LogP contribution in [0.25, 0.3) is 11.3 Å². The van der Waals surface area contributed by atoms with E-state index in [-0.39, 0.29) is 11.9 Å². The van der Waals surface area contributed by atoms with E-state index in [0.717, 1.165) is 48.7 Å². The number of nitrogens with one attached hydrogen (secondary N) is 3. The van der Waals surface area contributed by atoms with Gasteiger partial charge in [-0.15, -0.1) is 0 Å². The number of allylic oxidation sites excluding steroid dienone is 1. The number of benzene rings is 1. The highest BCUT2D eigenvalue weighted by atomic mass is 16.5. The molecule has 9 nitrogen and oxygen atoms in total. The maximum atomic E-state index is 13.0. The number of methoxy groups -OCH3 is 1. The molecule has 2 aromatic rings. The van der Waals surface area contributed by atoms with Gasteiger partial charge >= 0.3 is 0 Å². The van der Waals surface area contributed by atoms with Crippen LogP contribution in [0.5, 0.6) is 5.75 Å². The van der Waals surface area contributed by atoms with Gasteiger partial charge in [0.1, 0.15) is 17.4 Å². The van der Waals surface area contributed by atoms with E-state index >= 15 is 0 Å². The van der Waals surface area contributed by atoms with E-state index in [9.17, 15) is 4.79 Å². The van der Waals surface area contributed by atoms with Crippen LogP contribution < -0.4 is 26.4 Å². The zero-order valence-electron chi connectivity index (χ0n) is 22.1. The van der Waals surface area contributed by atoms with Gasteiger partial charge in [0.05, 0.1) is 36.3 Å². The van der Waals surface area contributed by atoms with Crippen molar-refractivity contribution in [2.24, 2.45) is 10.7 Å². The number of nitrogens with zero attached hydrogens (tertiary/aromatic N) is 3. The lowest BCUT2D eigenvalue weighted by Crippen LogP contribution is -2.30. The lowest BCUT2D eigenvalue weighted by molar-refractivity contribution is 0.0974. The molecular weight excluding hydrogens is 442 g/mol. The van der Waals surface area contributed by atoms with Crippen molar-refractivity contribution in [2.45, 2.75) is 59.3 Å². The fraction of sp³-hybridized carbons (Fsp3) is 0.500. The first-order valence-electron chi connectivity index (χ1n) is 12.3. The standard InChI is InChI=1S/C26H41N7O2/c1-8-12-13-21(28-5)31-26(34)18-15-14-17(16-20(18)35-7)22-23(24(27)29-6)33(11-4)25(32-22)19(9-2)30-10-3/h12-16,19,24,29-30H,8-11,27H2,1-7H3,(H,28,31,34). The number of aliphatic imine (C=N–C) groups is 1. The van der Waals surface area contributed by atoms with Gasteiger partial charge in [-0.25, -0.2) is 4.98 Å². The number of hydrogen-bond donors (Lipinski definition) is 4. The van der Waals surface area contributed by atoms with Crippen molar-refractivity contribution < 1.29 is 9.53 Å². The summed E-state index contributed by atoms with van der Waals surface area (Å²) in [5.74, 6) is 1.59. The molecule has 1 amide bonds. The Morgan fingerprint density at radius 2 is 2.03 bits per heavy atom. The minimum absolute atomic E-state index is 0.103. The first kappa shape index (κ1) is 28.2. The Balaban J connectivity index is 2.59. The van der Waals surface area contributed by atoms with Gasteiger partial charge in [-0.3, -0.25) is 9.79 Å². The zero-order valence-corrected chi connectivity index (χ0v) is 22.1. The smallest absolute Gasteiger partial charge is 0.260 e. The van der Waals surface area contributed by atoms with Crippen LogP contribution in [0.1, 0.15) is 74.6 Å². The van der Waals surface area contributed by atoms with E-state index in [2.05, 4.69) is 46.3 Å². The molecule has 1 heterocycles. The summed E-state index contributed by atoms with van der Waals surface area (Å²) in [6, 6.07) is 5.58. The number of ether oxygens (including phenoxy) is 1. The van der Waals surface area contributed by atoms with Crippen molar-refractivity contribution in [3.8, 4) is 17.0 Å². The molecule has 0 aliphatic rings. The molecule has 35 heavy (non-hydrogen) atoms. The topological polar surface area (TPSA) is 119 Å². The minimum Gasteiger partial charge on any atom is -0.496 e. The normalized spacial score (nSPS) is 13.8. The second kappa shape index (κ2) is 13.8. The molecule has 2 atom stereocenters. The number of hydrogen-bond acceptors (Lipinski definition) is 7. The van der Waals surface area contributed by atoms with E-state index in [1.165, 1.54) is 0 Å². The molecule has 192 valence electrons. The SMILES string of the molecule is CCC=CC(=NC)NC(=O)c1ccc(-c2nc(C(CC)NCC)n(CC)c2C(N)NC)cc1OC. The number of nitrogens with two attached hydrogens (primary N) is 1. The van der Waals surface area contributed by atoms with E-state index in [0.29, 0.717) is 17.1 Å². The highest BCUT2D eigenvalue weighted by Gasteiger charge is 2.26. The molecule has 9 heteroatoms. The van der Waals surface area contributed by atoms with Gasteiger partial charge in [-0.1, -0.05) is 32.9 Å². The van der Waals surface area contributed by atoms with Crippen LogP contribution in [-0.4, -0.2) is 49.0 Å². The largest absolute Gasteiger partial charge is 0.496 e. The van der Waals surface area contributed by atoms with Crippen LogP contribution in [0.15, 0.2) is 35.3 Å². The van der Waals surface area contributed by atoms with Crippen LogP contribution in [0.2, 0.25) is 0 Å². The highest BCUT2D eigenvalue weighted by molar-refractivity contribution is 6.11. The molecule has 1 aromatic heterocycles. The molecule has 2 rings (SSSR count). The van der Waals surface area contributed by atoms with Crippen molar-refractivity contribution in [1.29, 1.82) is 0 Å². The Labute approximate surface area is 209 Å². The minimum atomic E-state index is -0.409.